The van der Waals surface area contributed by atoms with Gasteiger partial charge in [-0.15, -0.1) is 11.3 Å². The SMILES string of the molecule is CCC1CCC(CNCc2c(C)nc3scc(C)n23)CC1. The topological polar surface area (TPSA) is 29.3 Å². The van der Waals surface area contributed by atoms with E-state index in [1.807, 2.05) is 0 Å². The number of aryl methyl sites for hydroxylation is 2. The van der Waals surface area contributed by atoms with E-state index in [9.17, 15) is 0 Å². The molecule has 1 N–H and O–H groups in total. The Hall–Kier alpha value is -0.870. The molecule has 2 heterocycles. The lowest BCUT2D eigenvalue weighted by molar-refractivity contribution is 0.262. The molecule has 21 heavy (non-hydrogen) atoms. The fourth-order valence-electron chi connectivity index (χ4n) is 3.61. The number of nitrogens with zero attached hydrogens (tertiary/aromatic N) is 2. The average Bonchev–Trinajstić information content (AvgIpc) is 3.00. The third-order valence-electron chi connectivity index (χ3n) is 5.10. The monoisotopic (exact) mass is 305 g/mol. The van der Waals surface area contributed by atoms with Crippen LogP contribution >= 0.6 is 11.3 Å². The Labute approximate surface area is 131 Å². The zero-order valence-electron chi connectivity index (χ0n) is 13.5. The Morgan fingerprint density at radius 1 is 1.24 bits per heavy atom. The van der Waals surface area contributed by atoms with Gasteiger partial charge in [-0.1, -0.05) is 26.2 Å². The molecule has 116 valence electrons. The summed E-state index contributed by atoms with van der Waals surface area (Å²) in [7, 11) is 0. The molecule has 0 saturated heterocycles. The Morgan fingerprint density at radius 2 is 1.95 bits per heavy atom. The molecule has 0 amide bonds. The lowest BCUT2D eigenvalue weighted by Gasteiger charge is -2.27. The van der Waals surface area contributed by atoms with Crippen LogP contribution < -0.4 is 5.32 Å². The largest absolute Gasteiger partial charge is 0.311 e. The summed E-state index contributed by atoms with van der Waals surface area (Å²) in [6, 6.07) is 0. The summed E-state index contributed by atoms with van der Waals surface area (Å²) in [4.78, 5) is 5.79. The van der Waals surface area contributed by atoms with Gasteiger partial charge in [-0.3, -0.25) is 4.40 Å². The molecule has 2 aromatic heterocycles. The molecular weight excluding hydrogens is 278 g/mol. The van der Waals surface area contributed by atoms with Gasteiger partial charge in [0.05, 0.1) is 11.4 Å². The van der Waals surface area contributed by atoms with Crippen LogP contribution in [0.3, 0.4) is 0 Å². The summed E-state index contributed by atoms with van der Waals surface area (Å²) in [6.07, 6.45) is 7.04. The zero-order valence-corrected chi connectivity index (χ0v) is 14.3. The third kappa shape index (κ3) is 3.16. The van der Waals surface area contributed by atoms with Crippen LogP contribution in [0.1, 0.15) is 56.1 Å². The second kappa shape index (κ2) is 6.49. The van der Waals surface area contributed by atoms with Gasteiger partial charge in [0.2, 0.25) is 0 Å². The Kier molecular flexibility index (Phi) is 4.65. The highest BCUT2D eigenvalue weighted by Gasteiger charge is 2.20. The van der Waals surface area contributed by atoms with E-state index in [0.29, 0.717) is 0 Å². The van der Waals surface area contributed by atoms with E-state index < -0.39 is 0 Å². The van der Waals surface area contributed by atoms with E-state index in [4.69, 9.17) is 0 Å². The molecule has 0 unspecified atom stereocenters. The summed E-state index contributed by atoms with van der Waals surface area (Å²) in [6.45, 7) is 8.73. The normalized spacial score (nSPS) is 23.0. The van der Waals surface area contributed by atoms with Crippen molar-refractivity contribution in [3.8, 4) is 0 Å². The van der Waals surface area contributed by atoms with Crippen molar-refractivity contribution in [1.29, 1.82) is 0 Å². The third-order valence-corrected chi connectivity index (χ3v) is 6.04. The van der Waals surface area contributed by atoms with Crippen LogP contribution in [0.4, 0.5) is 0 Å². The van der Waals surface area contributed by atoms with Crippen LogP contribution in [0.2, 0.25) is 0 Å². The number of imidazole rings is 1. The van der Waals surface area contributed by atoms with Crippen molar-refractivity contribution in [3.63, 3.8) is 0 Å². The van der Waals surface area contributed by atoms with Crippen LogP contribution in [-0.4, -0.2) is 15.9 Å². The Morgan fingerprint density at radius 3 is 2.67 bits per heavy atom. The van der Waals surface area contributed by atoms with Crippen molar-refractivity contribution < 1.29 is 0 Å². The van der Waals surface area contributed by atoms with Crippen molar-refractivity contribution in [2.24, 2.45) is 11.8 Å². The molecule has 0 atom stereocenters. The minimum Gasteiger partial charge on any atom is -0.311 e. The van der Waals surface area contributed by atoms with Crippen LogP contribution in [0.15, 0.2) is 5.38 Å². The smallest absolute Gasteiger partial charge is 0.194 e. The maximum absolute atomic E-state index is 4.66. The van der Waals surface area contributed by atoms with Crippen LogP contribution in [0, 0.1) is 25.7 Å². The lowest BCUT2D eigenvalue weighted by Crippen LogP contribution is -2.26. The molecule has 0 bridgehead atoms. The van der Waals surface area contributed by atoms with Gasteiger partial charge in [-0.25, -0.2) is 4.98 Å². The van der Waals surface area contributed by atoms with Crippen LogP contribution in [0.25, 0.3) is 4.96 Å². The fraction of sp³-hybridized carbons (Fsp3) is 0.706. The molecule has 2 aromatic rings. The van der Waals surface area contributed by atoms with Gasteiger partial charge < -0.3 is 5.32 Å². The highest BCUT2D eigenvalue weighted by molar-refractivity contribution is 7.15. The van der Waals surface area contributed by atoms with Crippen molar-refractivity contribution in [2.45, 2.75) is 59.4 Å². The molecule has 4 heteroatoms. The first kappa shape index (κ1) is 15.0. The van der Waals surface area contributed by atoms with Gasteiger partial charge in [-0.2, -0.15) is 0 Å². The van der Waals surface area contributed by atoms with Crippen molar-refractivity contribution >= 4 is 16.3 Å². The standard InChI is InChI=1S/C17H27N3S/c1-4-14-5-7-15(8-6-14)9-18-10-16-13(3)19-17-20(16)12(2)11-21-17/h11,14-15,18H,4-10H2,1-3H3. The van der Waals surface area contributed by atoms with Gasteiger partial charge in [0.25, 0.3) is 0 Å². The summed E-state index contributed by atoms with van der Waals surface area (Å²) in [5.74, 6) is 1.87. The number of fused-ring (bicyclic) bond motifs is 1. The van der Waals surface area contributed by atoms with E-state index in [-0.39, 0.29) is 0 Å². The molecule has 1 fully saturated rings. The summed E-state index contributed by atoms with van der Waals surface area (Å²) in [5.41, 5.74) is 3.81. The van der Waals surface area contributed by atoms with Crippen molar-refractivity contribution in [2.75, 3.05) is 6.54 Å². The molecular formula is C17H27N3S. The highest BCUT2D eigenvalue weighted by atomic mass is 32.1. The summed E-state index contributed by atoms with van der Waals surface area (Å²) >= 11 is 1.74. The second-order valence-corrected chi connectivity index (χ2v) is 7.40. The first-order chi connectivity index (χ1) is 10.2. The molecule has 3 rings (SSSR count). The molecule has 1 saturated carbocycles. The molecule has 1 aliphatic carbocycles. The quantitative estimate of drug-likeness (QED) is 0.891. The first-order valence-corrected chi connectivity index (χ1v) is 9.19. The van der Waals surface area contributed by atoms with Crippen molar-refractivity contribution in [3.05, 3.63) is 22.5 Å². The van der Waals surface area contributed by atoms with Gasteiger partial charge in [0, 0.05) is 17.6 Å². The van der Waals surface area contributed by atoms with E-state index in [0.717, 1.165) is 29.9 Å². The molecule has 1 aliphatic rings. The van der Waals surface area contributed by atoms with Crippen LogP contribution in [0.5, 0.6) is 0 Å². The van der Waals surface area contributed by atoms with Gasteiger partial charge in [0.1, 0.15) is 0 Å². The molecule has 0 aliphatic heterocycles. The van der Waals surface area contributed by atoms with E-state index in [1.165, 1.54) is 49.2 Å². The average molecular weight is 305 g/mol. The Balaban J connectivity index is 1.55. The van der Waals surface area contributed by atoms with E-state index in [1.54, 1.807) is 11.3 Å². The summed E-state index contributed by atoms with van der Waals surface area (Å²) < 4.78 is 2.31. The zero-order chi connectivity index (χ0) is 14.8. The molecule has 3 nitrogen and oxygen atoms in total. The van der Waals surface area contributed by atoms with E-state index in [2.05, 4.69) is 40.9 Å². The molecule has 0 radical (unpaired) electrons. The number of thiazole rings is 1. The lowest BCUT2D eigenvalue weighted by atomic mass is 9.81. The molecule has 0 aromatic carbocycles. The second-order valence-electron chi connectivity index (χ2n) is 6.56. The minimum atomic E-state index is 0.875. The number of nitrogens with one attached hydrogen (secondary N) is 1. The van der Waals surface area contributed by atoms with E-state index >= 15 is 0 Å². The van der Waals surface area contributed by atoms with Gasteiger partial charge in [0.15, 0.2) is 4.96 Å². The number of hydrogen-bond donors (Lipinski definition) is 1. The minimum absolute atomic E-state index is 0.875. The highest BCUT2D eigenvalue weighted by Crippen LogP contribution is 2.30. The number of aromatic nitrogens is 2. The Bertz CT molecular complexity index is 590. The van der Waals surface area contributed by atoms with Crippen molar-refractivity contribution in [1.82, 2.24) is 14.7 Å². The predicted octanol–water partition coefficient (Wildman–Crippen LogP) is 4.32. The number of rotatable bonds is 5. The fourth-order valence-corrected chi connectivity index (χ4v) is 4.54. The first-order valence-electron chi connectivity index (χ1n) is 8.31. The maximum Gasteiger partial charge on any atom is 0.194 e. The maximum atomic E-state index is 4.66. The molecule has 0 spiro atoms. The van der Waals surface area contributed by atoms with Crippen LogP contribution in [-0.2, 0) is 6.54 Å². The van der Waals surface area contributed by atoms with Gasteiger partial charge in [-0.05, 0) is 45.1 Å². The summed E-state index contributed by atoms with van der Waals surface area (Å²) in [5, 5.41) is 5.88. The van der Waals surface area contributed by atoms with Gasteiger partial charge >= 0.3 is 0 Å². The predicted molar refractivity (Wildman–Crippen MR) is 90.0 cm³/mol. The number of hydrogen-bond acceptors (Lipinski definition) is 3.